The zero-order valence-electron chi connectivity index (χ0n) is 11.4. The van der Waals surface area contributed by atoms with Gasteiger partial charge in [-0.25, -0.2) is 0 Å². The lowest BCUT2D eigenvalue weighted by Crippen LogP contribution is -2.41. The van der Waals surface area contributed by atoms with Crippen molar-refractivity contribution in [3.8, 4) is 0 Å². The number of aromatic nitrogens is 3. The quantitative estimate of drug-likeness (QED) is 0.755. The van der Waals surface area contributed by atoms with Crippen LogP contribution in [0.3, 0.4) is 0 Å². The first kappa shape index (κ1) is 14.0. The Balaban J connectivity index is 1.89. The molecular formula is C12H21N5O2. The Kier molecular flexibility index (Phi) is 4.49. The Morgan fingerprint density at radius 1 is 1.53 bits per heavy atom. The van der Waals surface area contributed by atoms with E-state index in [-0.39, 0.29) is 11.9 Å². The van der Waals surface area contributed by atoms with E-state index in [4.69, 9.17) is 0 Å². The summed E-state index contributed by atoms with van der Waals surface area (Å²) in [5.74, 6) is 0.0684. The number of rotatable bonds is 5. The highest BCUT2D eigenvalue weighted by Crippen LogP contribution is 2.19. The number of hydrogen-bond donors (Lipinski definition) is 1. The number of aryl methyl sites for hydroxylation is 1. The van der Waals surface area contributed by atoms with Crippen molar-refractivity contribution in [2.45, 2.75) is 31.5 Å². The predicted octanol–water partition coefficient (Wildman–Crippen LogP) is -0.808. The third-order valence-corrected chi connectivity index (χ3v) is 3.32. The molecule has 2 heterocycles. The van der Waals surface area contributed by atoms with Crippen molar-refractivity contribution in [2.24, 2.45) is 0 Å². The highest BCUT2D eigenvalue weighted by molar-refractivity contribution is 5.76. The Bertz CT molecular complexity index is 406. The summed E-state index contributed by atoms with van der Waals surface area (Å²) in [6.07, 6.45) is 3.98. The molecule has 1 aromatic rings. The third-order valence-electron chi connectivity index (χ3n) is 3.32. The number of likely N-dealkylation sites (tertiary alicyclic amines) is 1. The number of nitrogens with zero attached hydrogens (tertiary/aromatic N) is 5. The third kappa shape index (κ3) is 3.74. The van der Waals surface area contributed by atoms with E-state index in [1.165, 1.54) is 0 Å². The van der Waals surface area contributed by atoms with E-state index >= 15 is 0 Å². The van der Waals surface area contributed by atoms with E-state index in [2.05, 4.69) is 10.3 Å². The average molecular weight is 267 g/mol. The minimum atomic E-state index is -0.403. The van der Waals surface area contributed by atoms with Crippen LogP contribution in [0.25, 0.3) is 0 Å². The summed E-state index contributed by atoms with van der Waals surface area (Å²) < 4.78 is 1.64. The van der Waals surface area contributed by atoms with Gasteiger partial charge in [0.05, 0.1) is 18.8 Å². The summed E-state index contributed by atoms with van der Waals surface area (Å²) in [5.41, 5.74) is 0. The van der Waals surface area contributed by atoms with E-state index in [1.54, 1.807) is 22.0 Å². The molecule has 7 heteroatoms. The number of aliphatic hydroxyl groups excluding tert-OH is 1. The summed E-state index contributed by atoms with van der Waals surface area (Å²) in [7, 11) is 3.95. The van der Waals surface area contributed by atoms with Crippen LogP contribution in [0.1, 0.15) is 12.8 Å². The number of amides is 1. The van der Waals surface area contributed by atoms with Crippen LogP contribution in [0.15, 0.2) is 12.4 Å². The summed E-state index contributed by atoms with van der Waals surface area (Å²) in [4.78, 5) is 16.0. The fourth-order valence-corrected chi connectivity index (χ4v) is 2.50. The van der Waals surface area contributed by atoms with Crippen molar-refractivity contribution in [1.29, 1.82) is 0 Å². The van der Waals surface area contributed by atoms with Crippen molar-refractivity contribution < 1.29 is 9.90 Å². The van der Waals surface area contributed by atoms with Gasteiger partial charge in [0.15, 0.2) is 0 Å². The van der Waals surface area contributed by atoms with Crippen LogP contribution in [0.4, 0.5) is 0 Å². The summed E-state index contributed by atoms with van der Waals surface area (Å²) in [6.45, 7) is 1.75. The molecule has 0 bridgehead atoms. The number of carbonyl (C=O) groups is 1. The molecule has 1 aliphatic heterocycles. The van der Waals surface area contributed by atoms with Gasteiger partial charge in [-0.3, -0.25) is 9.48 Å². The van der Waals surface area contributed by atoms with Gasteiger partial charge in [-0.15, -0.1) is 5.10 Å². The second-order valence-corrected chi connectivity index (χ2v) is 5.27. The first-order valence-corrected chi connectivity index (χ1v) is 6.52. The first-order chi connectivity index (χ1) is 9.06. The van der Waals surface area contributed by atoms with Crippen LogP contribution in [-0.4, -0.2) is 75.1 Å². The molecule has 2 rings (SSSR count). The number of aliphatic hydroxyl groups is 1. The molecule has 7 nitrogen and oxygen atoms in total. The second-order valence-electron chi connectivity index (χ2n) is 5.27. The van der Waals surface area contributed by atoms with Gasteiger partial charge >= 0.3 is 0 Å². The van der Waals surface area contributed by atoms with Crippen LogP contribution in [0, 0.1) is 0 Å². The molecule has 1 saturated heterocycles. The summed E-state index contributed by atoms with van der Waals surface area (Å²) >= 11 is 0. The normalized spacial score (nSPS) is 23.3. The van der Waals surface area contributed by atoms with Gasteiger partial charge < -0.3 is 14.9 Å². The molecule has 1 N–H and O–H groups in total. The van der Waals surface area contributed by atoms with E-state index in [1.807, 2.05) is 19.0 Å². The molecule has 19 heavy (non-hydrogen) atoms. The lowest BCUT2D eigenvalue weighted by atomic mass is 10.2. The van der Waals surface area contributed by atoms with Crippen LogP contribution < -0.4 is 0 Å². The number of hydrogen-bond acceptors (Lipinski definition) is 5. The Morgan fingerprint density at radius 3 is 2.95 bits per heavy atom. The van der Waals surface area contributed by atoms with Gasteiger partial charge in [0, 0.05) is 31.7 Å². The highest BCUT2D eigenvalue weighted by Gasteiger charge is 2.33. The maximum Gasteiger partial charge on any atom is 0.224 e. The molecule has 1 aromatic heterocycles. The fraction of sp³-hybridized carbons (Fsp3) is 0.750. The van der Waals surface area contributed by atoms with Crippen LogP contribution >= 0.6 is 0 Å². The zero-order valence-corrected chi connectivity index (χ0v) is 11.4. The van der Waals surface area contributed by atoms with E-state index in [0.29, 0.717) is 25.9 Å². The summed E-state index contributed by atoms with van der Waals surface area (Å²) in [6, 6.07) is 0.105. The van der Waals surface area contributed by atoms with Crippen molar-refractivity contribution in [3.63, 3.8) is 0 Å². The van der Waals surface area contributed by atoms with Gasteiger partial charge in [0.25, 0.3) is 0 Å². The molecular weight excluding hydrogens is 246 g/mol. The zero-order chi connectivity index (χ0) is 13.8. The molecule has 0 aromatic carbocycles. The topological polar surface area (TPSA) is 74.5 Å². The van der Waals surface area contributed by atoms with Crippen molar-refractivity contribution in [1.82, 2.24) is 24.8 Å². The predicted molar refractivity (Wildman–Crippen MR) is 69.3 cm³/mol. The number of carbonyl (C=O) groups excluding carboxylic acids is 1. The van der Waals surface area contributed by atoms with Crippen molar-refractivity contribution in [3.05, 3.63) is 12.4 Å². The van der Waals surface area contributed by atoms with Crippen LogP contribution in [0.2, 0.25) is 0 Å². The molecule has 0 radical (unpaired) electrons. The minimum Gasteiger partial charge on any atom is -0.391 e. The number of likely N-dealkylation sites (N-methyl/N-ethyl adjacent to an activating group) is 1. The fourth-order valence-electron chi connectivity index (χ4n) is 2.50. The molecule has 2 unspecified atom stereocenters. The van der Waals surface area contributed by atoms with Crippen molar-refractivity contribution in [2.75, 3.05) is 27.2 Å². The molecule has 0 spiro atoms. The Hall–Kier alpha value is -1.47. The standard InChI is InChI=1S/C12H21N5O2/c1-15(2)8-10-7-11(18)9-17(10)12(19)3-5-16-6-4-13-14-16/h4,6,10-11,18H,3,5,7-9H2,1-2H3. The SMILES string of the molecule is CN(C)CC1CC(O)CN1C(=O)CCn1ccnn1. The smallest absolute Gasteiger partial charge is 0.224 e. The molecule has 1 amide bonds. The molecule has 2 atom stereocenters. The lowest BCUT2D eigenvalue weighted by molar-refractivity contribution is -0.132. The van der Waals surface area contributed by atoms with Crippen LogP contribution in [0.5, 0.6) is 0 Å². The second kappa shape index (κ2) is 6.12. The van der Waals surface area contributed by atoms with Gasteiger partial charge in [-0.05, 0) is 20.5 Å². The monoisotopic (exact) mass is 267 g/mol. The highest BCUT2D eigenvalue weighted by atomic mass is 16.3. The largest absolute Gasteiger partial charge is 0.391 e. The van der Waals surface area contributed by atoms with Gasteiger partial charge in [0.2, 0.25) is 5.91 Å². The average Bonchev–Trinajstić information content (AvgIpc) is 2.95. The summed E-state index contributed by atoms with van der Waals surface area (Å²) in [5, 5.41) is 17.3. The van der Waals surface area contributed by atoms with Gasteiger partial charge in [0.1, 0.15) is 0 Å². The van der Waals surface area contributed by atoms with Gasteiger partial charge in [-0.1, -0.05) is 5.21 Å². The maximum absolute atomic E-state index is 12.2. The molecule has 1 aliphatic rings. The Labute approximate surface area is 112 Å². The first-order valence-electron chi connectivity index (χ1n) is 6.52. The number of β-amino-alcohol motifs (C(OH)–C–C–N with tert-alkyl or cyclic N) is 1. The maximum atomic E-state index is 12.2. The molecule has 0 saturated carbocycles. The molecule has 106 valence electrons. The Morgan fingerprint density at radius 2 is 2.32 bits per heavy atom. The van der Waals surface area contributed by atoms with E-state index in [9.17, 15) is 9.90 Å². The molecule has 1 fully saturated rings. The van der Waals surface area contributed by atoms with E-state index in [0.717, 1.165) is 6.54 Å². The van der Waals surface area contributed by atoms with Gasteiger partial charge in [-0.2, -0.15) is 0 Å². The van der Waals surface area contributed by atoms with Crippen LogP contribution in [-0.2, 0) is 11.3 Å². The van der Waals surface area contributed by atoms with Crippen molar-refractivity contribution >= 4 is 5.91 Å². The lowest BCUT2D eigenvalue weighted by Gasteiger charge is -2.26. The van der Waals surface area contributed by atoms with E-state index < -0.39 is 6.10 Å². The molecule has 0 aliphatic carbocycles. The minimum absolute atomic E-state index is 0.0684.